The van der Waals surface area contributed by atoms with Gasteiger partial charge in [-0.05, 0) is 31.1 Å². The van der Waals surface area contributed by atoms with Crippen molar-refractivity contribution in [3.63, 3.8) is 0 Å². The average Bonchev–Trinajstić information content (AvgIpc) is 2.03. The van der Waals surface area contributed by atoms with Gasteiger partial charge in [-0.3, -0.25) is 0 Å². The van der Waals surface area contributed by atoms with Crippen LogP contribution >= 0.6 is 0 Å². The van der Waals surface area contributed by atoms with E-state index in [9.17, 15) is 0 Å². The average molecular weight is 180 g/mol. The van der Waals surface area contributed by atoms with Crippen LogP contribution in [0, 0.1) is 11.8 Å². The summed E-state index contributed by atoms with van der Waals surface area (Å²) in [6.45, 7) is 8.80. The van der Waals surface area contributed by atoms with Crippen LogP contribution in [0.25, 0.3) is 0 Å². The highest BCUT2D eigenvalue weighted by molar-refractivity contribution is 5.01. The first-order chi connectivity index (χ1) is 6.22. The van der Waals surface area contributed by atoms with Crippen LogP contribution in [0.15, 0.2) is 12.2 Å². The third-order valence-corrected chi connectivity index (χ3v) is 3.17. The monoisotopic (exact) mass is 180 g/mol. The normalized spacial score (nSPS) is 29.2. The van der Waals surface area contributed by atoms with E-state index < -0.39 is 0 Å². The first kappa shape index (κ1) is 10.8. The van der Waals surface area contributed by atoms with Crippen molar-refractivity contribution >= 4 is 0 Å². The van der Waals surface area contributed by atoms with E-state index in [2.05, 4.69) is 20.4 Å². The standard InChI is InChI=1S/C13H24/c1-4-5-6-7-13-9-11(2)8-12(3)10-13/h12-13H,2,4-10H2,1,3H3. The highest BCUT2D eigenvalue weighted by Crippen LogP contribution is 2.34. The van der Waals surface area contributed by atoms with Gasteiger partial charge in [0, 0.05) is 0 Å². The van der Waals surface area contributed by atoms with E-state index in [1.807, 2.05) is 0 Å². The van der Waals surface area contributed by atoms with E-state index >= 15 is 0 Å². The molecule has 76 valence electrons. The van der Waals surface area contributed by atoms with E-state index in [0.717, 1.165) is 11.8 Å². The van der Waals surface area contributed by atoms with Crippen LogP contribution < -0.4 is 0 Å². The zero-order valence-electron chi connectivity index (χ0n) is 9.31. The van der Waals surface area contributed by atoms with Gasteiger partial charge >= 0.3 is 0 Å². The smallest absolute Gasteiger partial charge is 0.0294 e. The molecule has 2 unspecified atom stereocenters. The molecule has 0 N–H and O–H groups in total. The quantitative estimate of drug-likeness (QED) is 0.439. The first-order valence-electron chi connectivity index (χ1n) is 5.89. The number of hydrogen-bond acceptors (Lipinski definition) is 0. The minimum atomic E-state index is 0.896. The Morgan fingerprint density at radius 1 is 1.31 bits per heavy atom. The lowest BCUT2D eigenvalue weighted by Gasteiger charge is -2.28. The fourth-order valence-corrected chi connectivity index (χ4v) is 2.62. The molecule has 0 heterocycles. The maximum Gasteiger partial charge on any atom is -0.0294 e. The SMILES string of the molecule is C=C1CC(C)CC(CCCCC)C1. The highest BCUT2D eigenvalue weighted by atomic mass is 14.3. The van der Waals surface area contributed by atoms with Gasteiger partial charge in [0.05, 0.1) is 0 Å². The van der Waals surface area contributed by atoms with Gasteiger partial charge < -0.3 is 0 Å². The Morgan fingerprint density at radius 2 is 2.08 bits per heavy atom. The third-order valence-electron chi connectivity index (χ3n) is 3.17. The van der Waals surface area contributed by atoms with E-state index in [-0.39, 0.29) is 0 Å². The van der Waals surface area contributed by atoms with Gasteiger partial charge in [-0.1, -0.05) is 51.7 Å². The summed E-state index contributed by atoms with van der Waals surface area (Å²) in [5.41, 5.74) is 1.50. The molecular weight excluding hydrogens is 156 g/mol. The summed E-state index contributed by atoms with van der Waals surface area (Å²) in [7, 11) is 0. The van der Waals surface area contributed by atoms with Gasteiger partial charge in [0.2, 0.25) is 0 Å². The number of hydrogen-bond donors (Lipinski definition) is 0. The molecule has 1 rings (SSSR count). The minimum Gasteiger partial charge on any atom is -0.0998 e. The second kappa shape index (κ2) is 5.47. The molecule has 0 heteroatoms. The zero-order chi connectivity index (χ0) is 9.68. The van der Waals surface area contributed by atoms with Crippen LogP contribution in [-0.2, 0) is 0 Å². The molecule has 1 aliphatic carbocycles. The summed E-state index contributed by atoms with van der Waals surface area (Å²) >= 11 is 0. The van der Waals surface area contributed by atoms with Crippen molar-refractivity contribution in [2.75, 3.05) is 0 Å². The molecule has 0 aromatic rings. The van der Waals surface area contributed by atoms with Crippen LogP contribution in [0.4, 0.5) is 0 Å². The van der Waals surface area contributed by atoms with Crippen molar-refractivity contribution in [1.29, 1.82) is 0 Å². The van der Waals surface area contributed by atoms with Crippen molar-refractivity contribution in [1.82, 2.24) is 0 Å². The summed E-state index contributed by atoms with van der Waals surface area (Å²) in [6.07, 6.45) is 9.68. The lowest BCUT2D eigenvalue weighted by atomic mass is 9.78. The van der Waals surface area contributed by atoms with E-state index in [1.54, 1.807) is 0 Å². The molecular formula is C13H24. The Labute approximate surface area is 83.4 Å². The van der Waals surface area contributed by atoms with Crippen molar-refractivity contribution in [2.24, 2.45) is 11.8 Å². The van der Waals surface area contributed by atoms with Crippen LogP contribution in [0.5, 0.6) is 0 Å². The summed E-state index contributed by atoms with van der Waals surface area (Å²) in [4.78, 5) is 0. The van der Waals surface area contributed by atoms with Crippen LogP contribution in [0.3, 0.4) is 0 Å². The molecule has 0 aromatic heterocycles. The van der Waals surface area contributed by atoms with Crippen LogP contribution in [0.1, 0.15) is 58.8 Å². The summed E-state index contributed by atoms with van der Waals surface area (Å²) in [6, 6.07) is 0. The van der Waals surface area contributed by atoms with Gasteiger partial charge in [0.15, 0.2) is 0 Å². The Bertz CT molecular complexity index is 157. The van der Waals surface area contributed by atoms with E-state index in [4.69, 9.17) is 0 Å². The van der Waals surface area contributed by atoms with Crippen LogP contribution in [-0.4, -0.2) is 0 Å². The summed E-state index contributed by atoms with van der Waals surface area (Å²) < 4.78 is 0. The van der Waals surface area contributed by atoms with Gasteiger partial charge in [-0.15, -0.1) is 0 Å². The summed E-state index contributed by atoms with van der Waals surface area (Å²) in [5, 5.41) is 0. The van der Waals surface area contributed by atoms with Gasteiger partial charge in [0.25, 0.3) is 0 Å². The molecule has 1 fully saturated rings. The van der Waals surface area contributed by atoms with Crippen LogP contribution in [0.2, 0.25) is 0 Å². The molecule has 0 nitrogen and oxygen atoms in total. The molecule has 0 aromatic carbocycles. The topological polar surface area (TPSA) is 0 Å². The van der Waals surface area contributed by atoms with Gasteiger partial charge in [0.1, 0.15) is 0 Å². The van der Waals surface area contributed by atoms with E-state index in [0.29, 0.717) is 0 Å². The molecule has 1 saturated carbocycles. The molecule has 13 heavy (non-hydrogen) atoms. The minimum absolute atomic E-state index is 0.896. The fraction of sp³-hybridized carbons (Fsp3) is 0.846. The Morgan fingerprint density at radius 3 is 2.69 bits per heavy atom. The Balaban J connectivity index is 2.21. The maximum atomic E-state index is 4.14. The van der Waals surface area contributed by atoms with Crippen molar-refractivity contribution in [3.05, 3.63) is 12.2 Å². The molecule has 0 aliphatic heterocycles. The molecule has 0 radical (unpaired) electrons. The highest BCUT2D eigenvalue weighted by Gasteiger charge is 2.20. The third kappa shape index (κ3) is 3.97. The first-order valence-corrected chi connectivity index (χ1v) is 5.89. The number of unbranched alkanes of at least 4 members (excludes halogenated alkanes) is 2. The van der Waals surface area contributed by atoms with Gasteiger partial charge in [-0.25, -0.2) is 0 Å². The van der Waals surface area contributed by atoms with Gasteiger partial charge in [-0.2, -0.15) is 0 Å². The Hall–Kier alpha value is -0.260. The lowest BCUT2D eigenvalue weighted by molar-refractivity contribution is 0.313. The molecule has 0 spiro atoms. The number of allylic oxidation sites excluding steroid dienone is 1. The largest absolute Gasteiger partial charge is 0.0998 e. The summed E-state index contributed by atoms with van der Waals surface area (Å²) in [5.74, 6) is 1.86. The second-order valence-electron chi connectivity index (χ2n) is 4.86. The Kier molecular flexibility index (Phi) is 4.55. The molecule has 0 saturated heterocycles. The lowest BCUT2D eigenvalue weighted by Crippen LogP contribution is -2.14. The van der Waals surface area contributed by atoms with Crippen molar-refractivity contribution < 1.29 is 0 Å². The van der Waals surface area contributed by atoms with Crippen molar-refractivity contribution in [3.8, 4) is 0 Å². The molecule has 0 bridgehead atoms. The fourth-order valence-electron chi connectivity index (χ4n) is 2.62. The zero-order valence-corrected chi connectivity index (χ0v) is 9.31. The van der Waals surface area contributed by atoms with E-state index in [1.165, 1.54) is 50.5 Å². The second-order valence-corrected chi connectivity index (χ2v) is 4.86. The predicted molar refractivity (Wildman–Crippen MR) is 59.8 cm³/mol. The predicted octanol–water partition coefficient (Wildman–Crippen LogP) is 4.56. The number of rotatable bonds is 4. The molecule has 0 amide bonds. The molecule has 1 aliphatic rings. The van der Waals surface area contributed by atoms with Crippen molar-refractivity contribution in [2.45, 2.75) is 58.8 Å². The maximum absolute atomic E-state index is 4.14. The molecule has 2 atom stereocenters.